The summed E-state index contributed by atoms with van der Waals surface area (Å²) in [5.41, 5.74) is 2.35. The van der Waals surface area contributed by atoms with Gasteiger partial charge in [-0.25, -0.2) is 9.37 Å². The quantitative estimate of drug-likeness (QED) is 0.343. The van der Waals surface area contributed by atoms with E-state index in [1.54, 1.807) is 56.4 Å². The summed E-state index contributed by atoms with van der Waals surface area (Å²) in [5, 5.41) is 15.5. The molecule has 1 aromatic heterocycles. The molecular weight excluding hydrogens is 417 g/mol. The van der Waals surface area contributed by atoms with Crippen molar-refractivity contribution >= 4 is 28.0 Å². The van der Waals surface area contributed by atoms with Crippen LogP contribution >= 0.6 is 0 Å². The summed E-state index contributed by atoms with van der Waals surface area (Å²) >= 11 is 0. The fourth-order valence-electron chi connectivity index (χ4n) is 2.58. The van der Waals surface area contributed by atoms with Crippen LogP contribution in [0.4, 0.5) is 21.8 Å². The molecule has 3 rings (SSSR count). The molecule has 1 atom stereocenters. The number of benzene rings is 2. The molecule has 0 spiro atoms. The Hall–Kier alpha value is -3.48. The first-order valence-corrected chi connectivity index (χ1v) is 10.5. The highest BCUT2D eigenvalue weighted by molar-refractivity contribution is 7.73. The number of aryl methyl sites for hydroxylation is 1. The Labute approximate surface area is 181 Å². The van der Waals surface area contributed by atoms with Crippen LogP contribution in [0.3, 0.4) is 0 Å². The lowest BCUT2D eigenvalue weighted by molar-refractivity contribution is 0.281. The van der Waals surface area contributed by atoms with Gasteiger partial charge in [0.25, 0.3) is 0 Å². The molecular formula is C22H21FN5O2S-. The molecule has 3 aromatic rings. The van der Waals surface area contributed by atoms with Crippen molar-refractivity contribution in [3.63, 3.8) is 0 Å². The molecule has 160 valence electrons. The van der Waals surface area contributed by atoms with E-state index in [9.17, 15) is 13.7 Å². The zero-order valence-corrected chi connectivity index (χ0v) is 17.8. The van der Waals surface area contributed by atoms with Crippen molar-refractivity contribution in [2.45, 2.75) is 24.8 Å². The van der Waals surface area contributed by atoms with Crippen LogP contribution < -0.4 is 10.6 Å². The molecule has 9 heteroatoms. The Bertz CT molecular complexity index is 1210. The molecule has 0 saturated carbocycles. The van der Waals surface area contributed by atoms with Crippen molar-refractivity contribution in [2.75, 3.05) is 17.2 Å². The van der Waals surface area contributed by atoms with Crippen molar-refractivity contribution in [1.82, 2.24) is 9.97 Å². The van der Waals surface area contributed by atoms with E-state index in [1.165, 1.54) is 6.07 Å². The van der Waals surface area contributed by atoms with E-state index in [4.69, 9.17) is 4.78 Å². The van der Waals surface area contributed by atoms with E-state index < -0.39 is 10.6 Å². The number of halogens is 1. The van der Waals surface area contributed by atoms with Gasteiger partial charge in [0.1, 0.15) is 11.6 Å². The van der Waals surface area contributed by atoms with Crippen LogP contribution in [0.5, 0.6) is 0 Å². The number of anilines is 3. The Morgan fingerprint density at radius 3 is 2.61 bits per heavy atom. The Morgan fingerprint density at radius 1 is 1.23 bits per heavy atom. The predicted octanol–water partition coefficient (Wildman–Crippen LogP) is 3.95. The SMILES string of the molecule is Cc1cc(C#Cc2cnc(Nc3ccc([S-](=N)=O)cc3)nc2NC(C)CO)ccc1F. The summed E-state index contributed by atoms with van der Waals surface area (Å²) in [6.45, 7) is 3.38. The molecule has 1 heterocycles. The minimum atomic E-state index is -1.80. The number of nitrogens with one attached hydrogen (secondary N) is 3. The summed E-state index contributed by atoms with van der Waals surface area (Å²) in [4.78, 5) is 9.13. The van der Waals surface area contributed by atoms with Crippen molar-refractivity contribution < 1.29 is 13.7 Å². The minimum Gasteiger partial charge on any atom is -0.440 e. The lowest BCUT2D eigenvalue weighted by Crippen LogP contribution is -2.21. The average molecular weight is 439 g/mol. The molecule has 0 aliphatic carbocycles. The predicted molar refractivity (Wildman–Crippen MR) is 118 cm³/mol. The number of aliphatic hydroxyl groups excluding tert-OH is 1. The van der Waals surface area contributed by atoms with Crippen LogP contribution in [-0.4, -0.2) is 27.7 Å². The maximum absolute atomic E-state index is 13.5. The highest BCUT2D eigenvalue weighted by atomic mass is 32.2. The summed E-state index contributed by atoms with van der Waals surface area (Å²) in [6, 6.07) is 10.9. The maximum atomic E-state index is 13.5. The standard InChI is InChI=1S/C22H21FN5O2S/c1-14-11-16(4-10-20(14)23)3-5-17-12-25-22(28-21(17)26-15(2)13-29)27-18-6-8-19(9-7-18)31(24)30/h4,6-12,15,24,29H,13H2,1-2H3,(H2,25,26,27,28)/q-1. The van der Waals surface area contributed by atoms with Crippen molar-refractivity contribution in [3.05, 3.63) is 71.2 Å². The smallest absolute Gasteiger partial charge is 0.229 e. The van der Waals surface area contributed by atoms with Crippen LogP contribution in [0.25, 0.3) is 0 Å². The van der Waals surface area contributed by atoms with Crippen LogP contribution in [0.15, 0.2) is 53.6 Å². The van der Waals surface area contributed by atoms with Crippen LogP contribution in [-0.2, 0) is 14.8 Å². The molecule has 0 aliphatic heterocycles. The molecule has 0 fully saturated rings. The summed E-state index contributed by atoms with van der Waals surface area (Å²) in [7, 11) is -1.80. The van der Waals surface area contributed by atoms with Gasteiger partial charge in [0.2, 0.25) is 5.95 Å². The third-order valence-corrected chi connectivity index (χ3v) is 4.97. The molecule has 0 saturated heterocycles. The van der Waals surface area contributed by atoms with E-state index in [1.807, 2.05) is 0 Å². The Balaban J connectivity index is 1.89. The van der Waals surface area contributed by atoms with E-state index in [-0.39, 0.29) is 18.5 Å². The van der Waals surface area contributed by atoms with Crippen LogP contribution in [0, 0.1) is 29.4 Å². The normalized spacial score (nSPS) is 11.5. The molecule has 1 unspecified atom stereocenters. The number of aliphatic hydroxyl groups is 1. The van der Waals surface area contributed by atoms with Crippen molar-refractivity contribution in [1.29, 1.82) is 4.78 Å². The maximum Gasteiger partial charge on any atom is 0.229 e. The number of rotatable bonds is 6. The van der Waals surface area contributed by atoms with Gasteiger partial charge in [-0.2, -0.15) is 15.6 Å². The molecule has 2 aromatic carbocycles. The van der Waals surface area contributed by atoms with Gasteiger partial charge in [-0.1, -0.05) is 28.9 Å². The van der Waals surface area contributed by atoms with E-state index in [2.05, 4.69) is 32.4 Å². The van der Waals surface area contributed by atoms with Gasteiger partial charge in [0.05, 0.1) is 18.4 Å². The number of aromatic nitrogens is 2. The van der Waals surface area contributed by atoms with Gasteiger partial charge >= 0.3 is 0 Å². The third-order valence-electron chi connectivity index (χ3n) is 4.27. The molecule has 7 nitrogen and oxygen atoms in total. The van der Waals surface area contributed by atoms with Gasteiger partial charge in [0.15, 0.2) is 0 Å². The zero-order chi connectivity index (χ0) is 22.4. The third kappa shape index (κ3) is 6.01. The number of nitrogens with zero attached hydrogens (tertiary/aromatic N) is 2. The second kappa shape index (κ2) is 10.0. The first kappa shape index (κ1) is 22.2. The zero-order valence-electron chi connectivity index (χ0n) is 16.9. The largest absolute Gasteiger partial charge is 0.440 e. The van der Waals surface area contributed by atoms with E-state index in [0.29, 0.717) is 39.0 Å². The Kier molecular flexibility index (Phi) is 7.18. The monoisotopic (exact) mass is 438 g/mol. The van der Waals surface area contributed by atoms with Gasteiger partial charge in [-0.3, -0.25) is 0 Å². The van der Waals surface area contributed by atoms with Crippen LogP contribution in [0.1, 0.15) is 23.6 Å². The second-order valence-electron chi connectivity index (χ2n) is 6.82. The fourth-order valence-corrected chi connectivity index (χ4v) is 2.96. The molecule has 4 N–H and O–H groups in total. The van der Waals surface area contributed by atoms with Crippen LogP contribution in [0.2, 0.25) is 0 Å². The highest BCUT2D eigenvalue weighted by Gasteiger charge is 2.09. The fraction of sp³-hybridized carbons (Fsp3) is 0.182. The average Bonchev–Trinajstić information content (AvgIpc) is 2.76. The van der Waals surface area contributed by atoms with E-state index in [0.717, 1.165) is 0 Å². The molecule has 0 aliphatic rings. The molecule has 0 radical (unpaired) electrons. The number of hydrogen-bond acceptors (Lipinski definition) is 8. The Morgan fingerprint density at radius 2 is 1.97 bits per heavy atom. The summed E-state index contributed by atoms with van der Waals surface area (Å²) < 4.78 is 31.9. The summed E-state index contributed by atoms with van der Waals surface area (Å²) in [6.07, 6.45) is 1.55. The van der Waals surface area contributed by atoms with Gasteiger partial charge < -0.3 is 24.7 Å². The highest BCUT2D eigenvalue weighted by Crippen LogP contribution is 2.19. The molecule has 0 amide bonds. The second-order valence-corrected chi connectivity index (χ2v) is 7.82. The lowest BCUT2D eigenvalue weighted by atomic mass is 10.1. The first-order valence-electron chi connectivity index (χ1n) is 9.38. The first-order chi connectivity index (χ1) is 14.9. The lowest BCUT2D eigenvalue weighted by Gasteiger charge is -2.14. The summed E-state index contributed by atoms with van der Waals surface area (Å²) in [5.74, 6) is 6.43. The van der Waals surface area contributed by atoms with Gasteiger partial charge in [-0.05, 0) is 49.7 Å². The van der Waals surface area contributed by atoms with Gasteiger partial charge in [-0.15, -0.1) is 0 Å². The molecule has 0 bridgehead atoms. The van der Waals surface area contributed by atoms with Crippen molar-refractivity contribution in [2.24, 2.45) is 0 Å². The van der Waals surface area contributed by atoms with E-state index >= 15 is 0 Å². The van der Waals surface area contributed by atoms with Gasteiger partial charge in [0, 0.05) is 17.3 Å². The minimum absolute atomic E-state index is 0.0947. The van der Waals surface area contributed by atoms with Crippen molar-refractivity contribution in [3.8, 4) is 11.8 Å². The molecule has 31 heavy (non-hydrogen) atoms. The number of hydrogen-bond donors (Lipinski definition) is 4. The topological polar surface area (TPSA) is 111 Å².